The number of aromatic nitrogens is 3. The monoisotopic (exact) mass is 406 g/mol. The number of nitrogens with zero attached hydrogens (tertiary/aromatic N) is 3. The highest BCUT2D eigenvalue weighted by Gasteiger charge is 2.14. The second-order valence-corrected chi connectivity index (χ2v) is 7.32. The van der Waals surface area contributed by atoms with Crippen LogP contribution in [0, 0.1) is 0 Å². The third kappa shape index (κ3) is 4.58. The number of carbonyl (C=O) groups excluding carboxylic acids is 1. The number of thioether (sulfide) groups is 1. The number of benzene rings is 2. The second kappa shape index (κ2) is 8.58. The first kappa shape index (κ1) is 18.8. The normalized spacial score (nSPS) is 10.7. The van der Waals surface area contributed by atoms with Crippen molar-refractivity contribution in [2.75, 3.05) is 5.75 Å². The summed E-state index contributed by atoms with van der Waals surface area (Å²) in [5.41, 5.74) is 1.80. The Kier molecular flexibility index (Phi) is 6.19. The van der Waals surface area contributed by atoms with Gasteiger partial charge in [-0.2, -0.15) is 0 Å². The third-order valence-corrected chi connectivity index (χ3v) is 5.29. The van der Waals surface area contributed by atoms with Crippen LogP contribution in [-0.4, -0.2) is 26.4 Å². The summed E-state index contributed by atoms with van der Waals surface area (Å²) in [6, 6.07) is 14.8. The average molecular weight is 407 g/mol. The first-order valence-corrected chi connectivity index (χ1v) is 9.57. The Morgan fingerprint density at radius 3 is 2.58 bits per heavy atom. The zero-order valence-corrected chi connectivity index (χ0v) is 16.3. The van der Waals surface area contributed by atoms with Crippen LogP contribution in [0.4, 0.5) is 0 Å². The van der Waals surface area contributed by atoms with Gasteiger partial charge in [-0.1, -0.05) is 59.2 Å². The minimum Gasteiger partial charge on any atom is -0.351 e. The molecule has 0 saturated carbocycles. The van der Waals surface area contributed by atoms with Crippen LogP contribution in [0.5, 0.6) is 0 Å². The van der Waals surface area contributed by atoms with Gasteiger partial charge in [0, 0.05) is 24.2 Å². The smallest absolute Gasteiger partial charge is 0.230 e. The van der Waals surface area contributed by atoms with E-state index in [2.05, 4.69) is 15.5 Å². The molecule has 3 rings (SSSR count). The molecule has 0 unspecified atom stereocenters. The van der Waals surface area contributed by atoms with Gasteiger partial charge in [-0.25, -0.2) is 0 Å². The van der Waals surface area contributed by atoms with Gasteiger partial charge in [0.15, 0.2) is 11.0 Å². The molecular weight excluding hydrogens is 391 g/mol. The molecular formula is C18H16Cl2N4OS. The zero-order chi connectivity index (χ0) is 18.5. The molecule has 0 spiro atoms. The van der Waals surface area contributed by atoms with E-state index in [0.29, 0.717) is 27.6 Å². The number of hydrogen-bond donors (Lipinski definition) is 1. The Bertz CT molecular complexity index is 912. The van der Waals surface area contributed by atoms with E-state index in [1.165, 1.54) is 11.8 Å². The molecule has 0 saturated heterocycles. The van der Waals surface area contributed by atoms with Crippen LogP contribution in [0.1, 0.15) is 5.56 Å². The molecule has 1 amide bonds. The van der Waals surface area contributed by atoms with E-state index in [1.807, 2.05) is 48.0 Å². The number of halogens is 2. The van der Waals surface area contributed by atoms with Crippen molar-refractivity contribution >= 4 is 40.9 Å². The number of nitrogens with one attached hydrogen (secondary N) is 1. The van der Waals surface area contributed by atoms with Crippen molar-refractivity contribution in [2.45, 2.75) is 11.7 Å². The summed E-state index contributed by atoms with van der Waals surface area (Å²) in [6.07, 6.45) is 0. The van der Waals surface area contributed by atoms with Crippen LogP contribution >= 0.6 is 35.0 Å². The Hall–Kier alpha value is -2.02. The van der Waals surface area contributed by atoms with Gasteiger partial charge < -0.3 is 9.88 Å². The lowest BCUT2D eigenvalue weighted by atomic mass is 10.2. The van der Waals surface area contributed by atoms with Crippen molar-refractivity contribution in [2.24, 2.45) is 7.05 Å². The maximum atomic E-state index is 12.1. The van der Waals surface area contributed by atoms with Crippen molar-refractivity contribution in [3.05, 3.63) is 64.1 Å². The SMILES string of the molecule is Cn1c(SCC(=O)NCc2ccc(Cl)cc2)nnc1-c1ccccc1Cl. The quantitative estimate of drug-likeness (QED) is 0.623. The molecule has 8 heteroatoms. The minimum absolute atomic E-state index is 0.0766. The Balaban J connectivity index is 1.57. The lowest BCUT2D eigenvalue weighted by Crippen LogP contribution is -2.24. The summed E-state index contributed by atoms with van der Waals surface area (Å²) in [7, 11) is 1.85. The highest BCUT2D eigenvalue weighted by molar-refractivity contribution is 7.99. The van der Waals surface area contributed by atoms with Crippen LogP contribution < -0.4 is 5.32 Å². The number of rotatable bonds is 6. The first-order valence-electron chi connectivity index (χ1n) is 7.83. The van der Waals surface area contributed by atoms with Crippen molar-refractivity contribution in [1.29, 1.82) is 0 Å². The van der Waals surface area contributed by atoms with Crippen molar-refractivity contribution in [3.8, 4) is 11.4 Å². The van der Waals surface area contributed by atoms with E-state index in [1.54, 1.807) is 12.1 Å². The Morgan fingerprint density at radius 1 is 1.12 bits per heavy atom. The van der Waals surface area contributed by atoms with Crippen molar-refractivity contribution < 1.29 is 4.79 Å². The molecule has 0 fully saturated rings. The van der Waals surface area contributed by atoms with Crippen molar-refractivity contribution in [1.82, 2.24) is 20.1 Å². The average Bonchev–Trinajstić information content (AvgIpc) is 3.00. The van der Waals surface area contributed by atoms with Crippen molar-refractivity contribution in [3.63, 3.8) is 0 Å². The molecule has 1 heterocycles. The highest BCUT2D eigenvalue weighted by atomic mass is 35.5. The molecule has 0 aliphatic carbocycles. The summed E-state index contributed by atoms with van der Waals surface area (Å²) in [5.74, 6) is 0.842. The maximum Gasteiger partial charge on any atom is 0.230 e. The lowest BCUT2D eigenvalue weighted by molar-refractivity contribution is -0.118. The molecule has 0 aliphatic rings. The molecule has 1 N–H and O–H groups in total. The fourth-order valence-corrected chi connectivity index (χ4v) is 3.39. The van der Waals surface area contributed by atoms with Crippen LogP contribution in [0.15, 0.2) is 53.7 Å². The topological polar surface area (TPSA) is 59.8 Å². The van der Waals surface area contributed by atoms with Crippen LogP contribution in [0.3, 0.4) is 0 Å². The highest BCUT2D eigenvalue weighted by Crippen LogP contribution is 2.28. The predicted molar refractivity (Wildman–Crippen MR) is 105 cm³/mol. The summed E-state index contributed by atoms with van der Waals surface area (Å²) in [6.45, 7) is 0.459. The fraction of sp³-hybridized carbons (Fsp3) is 0.167. The van der Waals surface area contributed by atoms with E-state index in [4.69, 9.17) is 23.2 Å². The Morgan fingerprint density at radius 2 is 1.85 bits per heavy atom. The van der Waals surface area contributed by atoms with E-state index < -0.39 is 0 Å². The molecule has 2 aromatic carbocycles. The van der Waals surface area contributed by atoms with Gasteiger partial charge in [-0.3, -0.25) is 4.79 Å². The summed E-state index contributed by atoms with van der Waals surface area (Å²) >= 11 is 13.4. The van der Waals surface area contributed by atoms with Gasteiger partial charge in [0.05, 0.1) is 10.8 Å². The van der Waals surface area contributed by atoms with Crippen LogP contribution in [0.2, 0.25) is 10.0 Å². The molecule has 0 atom stereocenters. The maximum absolute atomic E-state index is 12.1. The predicted octanol–water partition coefficient (Wildman–Crippen LogP) is 4.20. The lowest BCUT2D eigenvalue weighted by Gasteiger charge is -2.06. The van der Waals surface area contributed by atoms with Gasteiger partial charge in [0.2, 0.25) is 5.91 Å². The fourth-order valence-electron chi connectivity index (χ4n) is 2.30. The molecule has 0 radical (unpaired) electrons. The second-order valence-electron chi connectivity index (χ2n) is 5.54. The van der Waals surface area contributed by atoms with Crippen LogP contribution in [0.25, 0.3) is 11.4 Å². The molecule has 3 aromatic rings. The number of hydrogen-bond acceptors (Lipinski definition) is 4. The molecule has 134 valence electrons. The molecule has 0 bridgehead atoms. The van der Waals surface area contributed by atoms with E-state index in [9.17, 15) is 4.79 Å². The van der Waals surface area contributed by atoms with E-state index >= 15 is 0 Å². The summed E-state index contributed by atoms with van der Waals surface area (Å²) in [4.78, 5) is 12.1. The third-order valence-electron chi connectivity index (χ3n) is 3.68. The van der Waals surface area contributed by atoms with Gasteiger partial charge in [0.25, 0.3) is 0 Å². The molecule has 26 heavy (non-hydrogen) atoms. The zero-order valence-electron chi connectivity index (χ0n) is 13.9. The Labute approximate surface area is 165 Å². The standard InChI is InChI=1S/C18H16Cl2N4OS/c1-24-17(14-4-2-3-5-15(14)20)22-23-18(24)26-11-16(25)21-10-12-6-8-13(19)9-7-12/h2-9H,10-11H2,1H3,(H,21,25). The summed E-state index contributed by atoms with van der Waals surface area (Å²) in [5, 5.41) is 13.2. The minimum atomic E-state index is -0.0766. The molecule has 5 nitrogen and oxygen atoms in total. The number of amides is 1. The largest absolute Gasteiger partial charge is 0.351 e. The number of carbonyl (C=O) groups is 1. The van der Waals surface area contributed by atoms with Gasteiger partial charge in [-0.05, 0) is 29.8 Å². The van der Waals surface area contributed by atoms with E-state index in [-0.39, 0.29) is 11.7 Å². The molecule has 1 aromatic heterocycles. The van der Waals surface area contributed by atoms with Gasteiger partial charge in [0.1, 0.15) is 0 Å². The first-order chi connectivity index (χ1) is 12.5. The van der Waals surface area contributed by atoms with Gasteiger partial charge >= 0.3 is 0 Å². The van der Waals surface area contributed by atoms with E-state index in [0.717, 1.165) is 11.1 Å². The van der Waals surface area contributed by atoms with Crippen LogP contribution in [-0.2, 0) is 18.4 Å². The summed E-state index contributed by atoms with van der Waals surface area (Å²) < 4.78 is 1.83. The molecule has 0 aliphatic heterocycles. The van der Waals surface area contributed by atoms with Gasteiger partial charge in [-0.15, -0.1) is 10.2 Å².